The predicted molar refractivity (Wildman–Crippen MR) is 136 cm³/mol. The first-order valence-electron chi connectivity index (χ1n) is 11.4. The van der Waals surface area contributed by atoms with E-state index in [1.165, 1.54) is 4.52 Å². The summed E-state index contributed by atoms with van der Waals surface area (Å²) in [5.41, 5.74) is 4.31. The van der Waals surface area contributed by atoms with Crippen LogP contribution in [0.15, 0.2) is 89.7 Å². The highest BCUT2D eigenvalue weighted by atomic mass is 16.2. The highest BCUT2D eigenvalue weighted by molar-refractivity contribution is 5.93. The number of nitrogens with zero attached hydrogens (tertiary/aromatic N) is 4. The Kier molecular flexibility index (Phi) is 5.97. The number of carbonyl (C=O) groups excluding carboxylic acids is 1. The summed E-state index contributed by atoms with van der Waals surface area (Å²) < 4.78 is 3.27. The monoisotopic (exact) mass is 463 g/mol. The molecule has 3 aromatic carbocycles. The number of aromatic nitrogens is 4. The van der Waals surface area contributed by atoms with Gasteiger partial charge in [-0.2, -0.15) is 9.50 Å². The Morgan fingerprint density at radius 2 is 1.54 bits per heavy atom. The Balaban J connectivity index is 1.61. The van der Waals surface area contributed by atoms with Gasteiger partial charge in [0.25, 0.3) is 5.56 Å². The SMILES string of the molecule is Cc1ccccc1NC(=O)Cc1c(C)n(Cc2ccccc2)c2nc(-c3ccccc3)nn2c1=O. The van der Waals surface area contributed by atoms with E-state index < -0.39 is 0 Å². The van der Waals surface area contributed by atoms with E-state index in [-0.39, 0.29) is 17.9 Å². The molecule has 7 heteroatoms. The molecule has 7 nitrogen and oxygen atoms in total. The number of hydrogen-bond acceptors (Lipinski definition) is 4. The molecule has 0 saturated carbocycles. The van der Waals surface area contributed by atoms with E-state index in [2.05, 4.69) is 10.4 Å². The maximum Gasteiger partial charge on any atom is 0.279 e. The number of carbonyl (C=O) groups is 1. The van der Waals surface area contributed by atoms with Crippen molar-refractivity contribution in [3.8, 4) is 11.4 Å². The minimum atomic E-state index is -0.337. The second-order valence-corrected chi connectivity index (χ2v) is 8.49. The standard InChI is InChI=1S/C28H25N5O2/c1-19-11-9-10-16-24(19)29-25(34)17-23-20(2)32(18-21-12-5-3-6-13-21)28-30-26(31-33(28)27(23)35)22-14-7-4-8-15-22/h3-16H,17-18H2,1-2H3,(H,29,34). The van der Waals surface area contributed by atoms with Crippen LogP contribution in [0.2, 0.25) is 0 Å². The largest absolute Gasteiger partial charge is 0.326 e. The molecule has 35 heavy (non-hydrogen) atoms. The number of anilines is 1. The summed E-state index contributed by atoms with van der Waals surface area (Å²) in [4.78, 5) is 31.2. The minimum Gasteiger partial charge on any atom is -0.326 e. The van der Waals surface area contributed by atoms with Gasteiger partial charge in [0.15, 0.2) is 5.82 Å². The fourth-order valence-corrected chi connectivity index (χ4v) is 4.15. The molecule has 5 rings (SSSR count). The zero-order valence-electron chi connectivity index (χ0n) is 19.6. The number of rotatable bonds is 6. The van der Waals surface area contributed by atoms with Gasteiger partial charge in [-0.3, -0.25) is 9.59 Å². The van der Waals surface area contributed by atoms with Gasteiger partial charge in [0.05, 0.1) is 13.0 Å². The van der Waals surface area contributed by atoms with Crippen LogP contribution >= 0.6 is 0 Å². The molecule has 0 aliphatic heterocycles. The van der Waals surface area contributed by atoms with Gasteiger partial charge in [-0.05, 0) is 31.0 Å². The number of fused-ring (bicyclic) bond motifs is 1. The van der Waals surface area contributed by atoms with E-state index in [9.17, 15) is 9.59 Å². The van der Waals surface area contributed by atoms with Crippen LogP contribution < -0.4 is 10.9 Å². The maximum atomic E-state index is 13.5. The fraction of sp³-hybridized carbons (Fsp3) is 0.143. The Morgan fingerprint density at radius 3 is 2.26 bits per heavy atom. The Morgan fingerprint density at radius 1 is 0.886 bits per heavy atom. The van der Waals surface area contributed by atoms with Gasteiger partial charge in [0.2, 0.25) is 11.7 Å². The smallest absolute Gasteiger partial charge is 0.279 e. The topological polar surface area (TPSA) is 81.3 Å². The normalized spacial score (nSPS) is 11.0. The van der Waals surface area contributed by atoms with Crippen LogP contribution in [0.25, 0.3) is 17.2 Å². The summed E-state index contributed by atoms with van der Waals surface area (Å²) in [6.45, 7) is 4.29. The third-order valence-electron chi connectivity index (χ3n) is 6.10. The van der Waals surface area contributed by atoms with E-state index in [4.69, 9.17) is 4.98 Å². The van der Waals surface area contributed by atoms with Gasteiger partial charge in [-0.1, -0.05) is 78.9 Å². The lowest BCUT2D eigenvalue weighted by Crippen LogP contribution is -2.29. The fourth-order valence-electron chi connectivity index (χ4n) is 4.15. The van der Waals surface area contributed by atoms with Crippen LogP contribution in [0.3, 0.4) is 0 Å². The second-order valence-electron chi connectivity index (χ2n) is 8.49. The molecule has 2 aromatic heterocycles. The summed E-state index contributed by atoms with van der Waals surface area (Å²) in [6, 6.07) is 27.1. The molecular formula is C28H25N5O2. The van der Waals surface area contributed by atoms with Crippen molar-refractivity contribution in [2.75, 3.05) is 5.32 Å². The zero-order valence-corrected chi connectivity index (χ0v) is 19.6. The highest BCUT2D eigenvalue weighted by Gasteiger charge is 2.21. The number of nitrogens with one attached hydrogen (secondary N) is 1. The quantitative estimate of drug-likeness (QED) is 0.405. The van der Waals surface area contributed by atoms with Crippen LogP contribution in [0.1, 0.15) is 22.4 Å². The lowest BCUT2D eigenvalue weighted by molar-refractivity contribution is -0.115. The van der Waals surface area contributed by atoms with Crippen molar-refractivity contribution in [2.24, 2.45) is 0 Å². The number of hydrogen-bond donors (Lipinski definition) is 1. The number of aryl methyl sites for hydroxylation is 1. The molecule has 174 valence electrons. The van der Waals surface area contributed by atoms with Crippen LogP contribution in [0.5, 0.6) is 0 Å². The number of para-hydroxylation sites is 1. The molecule has 0 spiro atoms. The number of amides is 1. The average molecular weight is 464 g/mol. The lowest BCUT2D eigenvalue weighted by atomic mass is 10.1. The molecule has 5 aromatic rings. The van der Waals surface area contributed by atoms with Crippen molar-refractivity contribution in [1.82, 2.24) is 19.2 Å². The molecular weight excluding hydrogens is 438 g/mol. The van der Waals surface area contributed by atoms with E-state index in [0.717, 1.165) is 22.4 Å². The number of benzene rings is 3. The minimum absolute atomic E-state index is 0.0652. The first-order valence-corrected chi connectivity index (χ1v) is 11.4. The summed E-state index contributed by atoms with van der Waals surface area (Å²) >= 11 is 0. The Hall–Kier alpha value is -4.52. The van der Waals surface area contributed by atoms with Gasteiger partial charge < -0.3 is 9.88 Å². The van der Waals surface area contributed by atoms with Crippen LogP contribution in [-0.4, -0.2) is 25.1 Å². The molecule has 1 N–H and O–H groups in total. The summed E-state index contributed by atoms with van der Waals surface area (Å²) in [6.07, 6.45) is -0.0652. The van der Waals surface area contributed by atoms with E-state index in [1.54, 1.807) is 0 Å². The third-order valence-corrected chi connectivity index (χ3v) is 6.10. The zero-order chi connectivity index (χ0) is 24.4. The first kappa shape index (κ1) is 22.3. The predicted octanol–water partition coefficient (Wildman–Crippen LogP) is 4.40. The van der Waals surface area contributed by atoms with Crippen molar-refractivity contribution >= 4 is 17.4 Å². The van der Waals surface area contributed by atoms with Gasteiger partial charge in [0, 0.05) is 22.5 Å². The molecule has 0 fully saturated rings. The van der Waals surface area contributed by atoms with Crippen molar-refractivity contribution in [3.05, 3.63) is 118 Å². The van der Waals surface area contributed by atoms with Crippen molar-refractivity contribution in [2.45, 2.75) is 26.8 Å². The molecule has 0 saturated heterocycles. The van der Waals surface area contributed by atoms with Gasteiger partial charge in [-0.15, -0.1) is 5.10 Å². The van der Waals surface area contributed by atoms with Crippen LogP contribution in [-0.2, 0) is 17.8 Å². The molecule has 0 aliphatic carbocycles. The molecule has 0 radical (unpaired) electrons. The van der Waals surface area contributed by atoms with Crippen molar-refractivity contribution in [1.29, 1.82) is 0 Å². The summed E-state index contributed by atoms with van der Waals surface area (Å²) in [5, 5.41) is 7.46. The maximum absolute atomic E-state index is 13.5. The van der Waals surface area contributed by atoms with E-state index in [0.29, 0.717) is 29.4 Å². The average Bonchev–Trinajstić information content (AvgIpc) is 3.33. The highest BCUT2D eigenvalue weighted by Crippen LogP contribution is 2.19. The molecule has 1 amide bonds. The summed E-state index contributed by atoms with van der Waals surface area (Å²) in [7, 11) is 0. The molecule has 0 atom stereocenters. The molecule has 0 bridgehead atoms. The van der Waals surface area contributed by atoms with Gasteiger partial charge in [-0.25, -0.2) is 0 Å². The third kappa shape index (κ3) is 4.48. The Labute approximate surface area is 202 Å². The van der Waals surface area contributed by atoms with E-state index in [1.807, 2.05) is 103 Å². The van der Waals surface area contributed by atoms with Crippen LogP contribution in [0, 0.1) is 13.8 Å². The van der Waals surface area contributed by atoms with Gasteiger partial charge in [0.1, 0.15) is 0 Å². The second kappa shape index (κ2) is 9.38. The molecule has 2 heterocycles. The van der Waals surface area contributed by atoms with Crippen molar-refractivity contribution < 1.29 is 4.79 Å². The Bertz CT molecular complexity index is 1570. The summed E-state index contributed by atoms with van der Waals surface area (Å²) in [5.74, 6) is 0.650. The lowest BCUT2D eigenvalue weighted by Gasteiger charge is -2.16. The molecule has 0 aliphatic rings. The van der Waals surface area contributed by atoms with E-state index >= 15 is 0 Å². The first-order chi connectivity index (χ1) is 17.0. The van der Waals surface area contributed by atoms with Crippen molar-refractivity contribution in [3.63, 3.8) is 0 Å². The van der Waals surface area contributed by atoms with Gasteiger partial charge >= 0.3 is 0 Å². The molecule has 0 unspecified atom stereocenters. The van der Waals surface area contributed by atoms with Crippen LogP contribution in [0.4, 0.5) is 5.69 Å².